The normalized spacial score (nSPS) is 10.4. The number of hydrogen-bond acceptors (Lipinski definition) is 5. The van der Waals surface area contributed by atoms with Gasteiger partial charge in [-0.05, 0) is 37.1 Å². The van der Waals surface area contributed by atoms with Crippen molar-refractivity contribution in [3.63, 3.8) is 0 Å². The van der Waals surface area contributed by atoms with Crippen LogP contribution >= 0.6 is 22.9 Å². The number of carbonyl (C=O) groups is 2. The Morgan fingerprint density at radius 2 is 1.74 bits per heavy atom. The summed E-state index contributed by atoms with van der Waals surface area (Å²) < 4.78 is 0. The molecule has 2 amide bonds. The Hall–Kier alpha value is -2.77. The molecule has 138 valence electrons. The summed E-state index contributed by atoms with van der Waals surface area (Å²) in [5.74, 6) is -0.783. The van der Waals surface area contributed by atoms with Gasteiger partial charge in [-0.15, -0.1) is 10.2 Å². The molecule has 3 rings (SSSR count). The van der Waals surface area contributed by atoms with Gasteiger partial charge < -0.3 is 10.6 Å². The van der Waals surface area contributed by atoms with Crippen molar-refractivity contribution in [3.8, 4) is 0 Å². The molecule has 0 atom stereocenters. The van der Waals surface area contributed by atoms with Gasteiger partial charge in [0.05, 0.1) is 0 Å². The van der Waals surface area contributed by atoms with E-state index in [-0.39, 0.29) is 15.9 Å². The van der Waals surface area contributed by atoms with Gasteiger partial charge in [0.2, 0.25) is 10.0 Å². The zero-order valence-electron chi connectivity index (χ0n) is 14.5. The average molecular weight is 401 g/mol. The summed E-state index contributed by atoms with van der Waals surface area (Å²) in [6, 6.07) is 14.9. The molecule has 0 fully saturated rings. The average Bonchev–Trinajstić information content (AvgIpc) is 3.14. The second-order valence-electron chi connectivity index (χ2n) is 5.87. The van der Waals surface area contributed by atoms with Gasteiger partial charge >= 0.3 is 0 Å². The Labute approximate surface area is 165 Å². The molecule has 0 aliphatic carbocycles. The number of nitrogens with one attached hydrogen (secondary N) is 2. The molecular weight excluding hydrogens is 384 g/mol. The van der Waals surface area contributed by atoms with E-state index >= 15 is 0 Å². The highest BCUT2D eigenvalue weighted by atomic mass is 35.5. The number of benzene rings is 2. The SMILES string of the molecule is Cc1ccc(CCNC(=O)c2nnc(C(=O)Nc3cccc(Cl)c3)s2)cc1. The number of anilines is 1. The molecule has 0 saturated heterocycles. The molecule has 8 heteroatoms. The fraction of sp³-hybridized carbons (Fsp3) is 0.158. The van der Waals surface area contributed by atoms with Crippen LogP contribution < -0.4 is 10.6 Å². The van der Waals surface area contributed by atoms with Crippen LogP contribution in [0.3, 0.4) is 0 Å². The summed E-state index contributed by atoms with van der Waals surface area (Å²) in [6.07, 6.45) is 0.715. The molecule has 0 radical (unpaired) electrons. The number of nitrogens with zero attached hydrogens (tertiary/aromatic N) is 2. The zero-order valence-corrected chi connectivity index (χ0v) is 16.1. The zero-order chi connectivity index (χ0) is 19.2. The van der Waals surface area contributed by atoms with Gasteiger partial charge in [-0.25, -0.2) is 0 Å². The number of carbonyl (C=O) groups excluding carboxylic acids is 2. The molecule has 3 aromatic rings. The van der Waals surface area contributed by atoms with E-state index in [4.69, 9.17) is 11.6 Å². The highest BCUT2D eigenvalue weighted by molar-refractivity contribution is 7.15. The third kappa shape index (κ3) is 5.35. The van der Waals surface area contributed by atoms with Crippen LogP contribution in [0, 0.1) is 6.92 Å². The van der Waals surface area contributed by atoms with E-state index in [9.17, 15) is 9.59 Å². The van der Waals surface area contributed by atoms with Gasteiger partial charge in [-0.1, -0.05) is 58.8 Å². The molecular formula is C19H17ClN4O2S. The highest BCUT2D eigenvalue weighted by Gasteiger charge is 2.17. The molecule has 0 aliphatic heterocycles. The first-order chi connectivity index (χ1) is 13.0. The van der Waals surface area contributed by atoms with E-state index in [0.29, 0.717) is 23.7 Å². The topological polar surface area (TPSA) is 84.0 Å². The first-order valence-corrected chi connectivity index (χ1v) is 9.45. The Morgan fingerprint density at radius 3 is 2.44 bits per heavy atom. The van der Waals surface area contributed by atoms with E-state index < -0.39 is 5.91 Å². The summed E-state index contributed by atoms with van der Waals surface area (Å²) in [7, 11) is 0. The Bertz CT molecular complexity index is 956. The fourth-order valence-corrected chi connectivity index (χ4v) is 3.15. The van der Waals surface area contributed by atoms with Gasteiger partial charge in [0.1, 0.15) is 0 Å². The number of rotatable bonds is 6. The smallest absolute Gasteiger partial charge is 0.286 e. The van der Waals surface area contributed by atoms with E-state index in [1.807, 2.05) is 31.2 Å². The minimum absolute atomic E-state index is 0.110. The molecule has 0 saturated carbocycles. The number of hydrogen-bond donors (Lipinski definition) is 2. The van der Waals surface area contributed by atoms with Crippen molar-refractivity contribution < 1.29 is 9.59 Å². The third-order valence-electron chi connectivity index (χ3n) is 3.72. The molecule has 2 aromatic carbocycles. The van der Waals surface area contributed by atoms with Crippen molar-refractivity contribution >= 4 is 40.4 Å². The molecule has 1 heterocycles. The molecule has 2 N–H and O–H groups in total. The maximum atomic E-state index is 12.2. The van der Waals surface area contributed by atoms with Crippen molar-refractivity contribution in [1.82, 2.24) is 15.5 Å². The standard InChI is InChI=1S/C19H17ClN4O2S/c1-12-5-7-13(8-6-12)9-10-21-16(25)18-23-24-19(27-18)17(26)22-15-4-2-3-14(20)11-15/h2-8,11H,9-10H2,1H3,(H,21,25)(H,22,26). The van der Waals surface area contributed by atoms with Crippen LogP contribution in [-0.4, -0.2) is 28.6 Å². The van der Waals surface area contributed by atoms with Crippen LogP contribution in [0.5, 0.6) is 0 Å². The highest BCUT2D eigenvalue weighted by Crippen LogP contribution is 2.17. The molecule has 6 nitrogen and oxygen atoms in total. The third-order valence-corrected chi connectivity index (χ3v) is 4.87. The molecule has 0 bridgehead atoms. The monoisotopic (exact) mass is 400 g/mol. The molecule has 0 unspecified atom stereocenters. The summed E-state index contributed by atoms with van der Waals surface area (Å²) in [4.78, 5) is 24.4. The molecule has 27 heavy (non-hydrogen) atoms. The lowest BCUT2D eigenvalue weighted by Crippen LogP contribution is -2.25. The summed E-state index contributed by atoms with van der Waals surface area (Å²) >= 11 is 6.83. The Morgan fingerprint density at radius 1 is 1.04 bits per heavy atom. The van der Waals surface area contributed by atoms with Crippen LogP contribution in [0.25, 0.3) is 0 Å². The first kappa shape index (κ1) is 19.0. The van der Waals surface area contributed by atoms with Crippen molar-refractivity contribution in [3.05, 3.63) is 74.7 Å². The quantitative estimate of drug-likeness (QED) is 0.660. The predicted octanol–water partition coefficient (Wildman–Crippen LogP) is 3.72. The maximum Gasteiger partial charge on any atom is 0.286 e. The van der Waals surface area contributed by atoms with Crippen LogP contribution in [-0.2, 0) is 6.42 Å². The van der Waals surface area contributed by atoms with Gasteiger partial charge in [-0.3, -0.25) is 9.59 Å². The number of halogens is 1. The second kappa shape index (κ2) is 8.75. The van der Waals surface area contributed by atoms with Gasteiger partial charge in [0.15, 0.2) is 0 Å². The Kier molecular flexibility index (Phi) is 6.16. The summed E-state index contributed by atoms with van der Waals surface area (Å²) in [5.41, 5.74) is 2.88. The van der Waals surface area contributed by atoms with Crippen molar-refractivity contribution in [2.24, 2.45) is 0 Å². The lowest BCUT2D eigenvalue weighted by atomic mass is 10.1. The van der Waals surface area contributed by atoms with Gasteiger partial charge in [0, 0.05) is 17.3 Å². The number of aromatic nitrogens is 2. The van der Waals surface area contributed by atoms with Gasteiger partial charge in [-0.2, -0.15) is 0 Å². The van der Waals surface area contributed by atoms with Crippen molar-refractivity contribution in [2.75, 3.05) is 11.9 Å². The number of amides is 2. The first-order valence-electron chi connectivity index (χ1n) is 8.25. The van der Waals surface area contributed by atoms with E-state index in [1.165, 1.54) is 5.56 Å². The minimum Gasteiger partial charge on any atom is -0.350 e. The molecule has 0 spiro atoms. The maximum absolute atomic E-state index is 12.2. The van der Waals surface area contributed by atoms with E-state index in [0.717, 1.165) is 16.9 Å². The van der Waals surface area contributed by atoms with Crippen molar-refractivity contribution in [2.45, 2.75) is 13.3 Å². The lowest BCUT2D eigenvalue weighted by Gasteiger charge is -2.03. The van der Waals surface area contributed by atoms with E-state index in [1.54, 1.807) is 24.3 Å². The molecule has 0 aliphatic rings. The van der Waals surface area contributed by atoms with Crippen molar-refractivity contribution in [1.29, 1.82) is 0 Å². The predicted molar refractivity (Wildman–Crippen MR) is 107 cm³/mol. The number of aryl methyl sites for hydroxylation is 1. The largest absolute Gasteiger partial charge is 0.350 e. The van der Waals surface area contributed by atoms with Crippen LogP contribution in [0.4, 0.5) is 5.69 Å². The van der Waals surface area contributed by atoms with Gasteiger partial charge in [0.25, 0.3) is 11.8 Å². The fourth-order valence-electron chi connectivity index (χ4n) is 2.31. The van der Waals surface area contributed by atoms with Crippen LogP contribution in [0.2, 0.25) is 5.02 Å². The van der Waals surface area contributed by atoms with E-state index in [2.05, 4.69) is 20.8 Å². The minimum atomic E-state index is -0.437. The Balaban J connectivity index is 1.53. The van der Waals surface area contributed by atoms with Crippen LogP contribution in [0.1, 0.15) is 30.7 Å². The summed E-state index contributed by atoms with van der Waals surface area (Å²) in [6.45, 7) is 2.51. The lowest BCUT2D eigenvalue weighted by molar-refractivity contribution is 0.0951. The second-order valence-corrected chi connectivity index (χ2v) is 7.28. The summed E-state index contributed by atoms with van der Waals surface area (Å²) in [5, 5.41) is 13.8. The van der Waals surface area contributed by atoms with Crippen LogP contribution in [0.15, 0.2) is 48.5 Å². The molecule has 1 aromatic heterocycles.